The minimum atomic E-state index is -0.342. The number of hydrogen-bond acceptors (Lipinski definition) is 3. The van der Waals surface area contributed by atoms with Crippen molar-refractivity contribution in [1.82, 2.24) is 0 Å². The highest BCUT2D eigenvalue weighted by molar-refractivity contribution is 6.38. The molecule has 1 heterocycles. The molecule has 2 radical (unpaired) electrons. The van der Waals surface area contributed by atoms with E-state index in [0.717, 1.165) is 25.5 Å². The molecular formula is C24H48O3Si. The maximum absolute atomic E-state index is 5.76. The number of epoxide rings is 1. The van der Waals surface area contributed by atoms with Crippen LogP contribution in [0.2, 0.25) is 6.04 Å². The minimum absolute atomic E-state index is 0.342. The van der Waals surface area contributed by atoms with Crippen LogP contribution in [0.3, 0.4) is 0 Å². The Bertz CT molecular complexity index is 330. The quantitative estimate of drug-likeness (QED) is 0.0821. The van der Waals surface area contributed by atoms with E-state index in [0.29, 0.717) is 15.6 Å². The summed E-state index contributed by atoms with van der Waals surface area (Å²) < 4.78 is 16.8. The first-order valence-electron chi connectivity index (χ1n) is 12.2. The predicted octanol–water partition coefficient (Wildman–Crippen LogP) is 7.11. The first-order chi connectivity index (χ1) is 13.8. The van der Waals surface area contributed by atoms with Gasteiger partial charge in [-0.05, 0) is 19.3 Å². The lowest BCUT2D eigenvalue weighted by Gasteiger charge is -2.30. The maximum atomic E-state index is 5.76. The largest absolute Gasteiger partial charge is 0.373 e. The van der Waals surface area contributed by atoms with Crippen molar-refractivity contribution in [3.63, 3.8) is 0 Å². The molecule has 0 amide bonds. The van der Waals surface area contributed by atoms with Gasteiger partial charge in [-0.2, -0.15) is 0 Å². The summed E-state index contributed by atoms with van der Waals surface area (Å²) in [6, 6.07) is 1.16. The summed E-state index contributed by atoms with van der Waals surface area (Å²) in [6.07, 6.45) is 23.8. The Balaban J connectivity index is 1.86. The second-order valence-electron chi connectivity index (χ2n) is 8.53. The van der Waals surface area contributed by atoms with E-state index in [2.05, 4.69) is 6.92 Å². The zero-order chi connectivity index (χ0) is 20.3. The van der Waals surface area contributed by atoms with Gasteiger partial charge in [0.1, 0.15) is 14.9 Å². The molecule has 1 unspecified atom stereocenters. The number of rotatable bonds is 22. The second-order valence-corrected chi connectivity index (χ2v) is 10.1. The molecule has 4 heteroatoms. The standard InChI is InChI=1S/C24H48O3Si/c1-4-5-6-7-8-9-10-11-12-13-14-15-16-17-18-20-24(25-2,26-3)28-21-19-23-22-27-23/h23H,4-22H2,1-3H3. The maximum Gasteiger partial charge on any atom is 0.146 e. The van der Waals surface area contributed by atoms with Gasteiger partial charge in [-0.25, -0.2) is 0 Å². The molecule has 0 bridgehead atoms. The third kappa shape index (κ3) is 14.1. The average Bonchev–Trinajstić information content (AvgIpc) is 3.54. The molecule has 0 aliphatic carbocycles. The van der Waals surface area contributed by atoms with Crippen LogP contribution in [0.4, 0.5) is 0 Å². The Morgan fingerprint density at radius 3 is 1.57 bits per heavy atom. The molecule has 1 saturated heterocycles. The lowest BCUT2D eigenvalue weighted by atomic mass is 10.0. The summed E-state index contributed by atoms with van der Waals surface area (Å²) in [5.41, 5.74) is -0.342. The molecule has 3 nitrogen and oxygen atoms in total. The molecule has 1 aliphatic rings. The smallest absolute Gasteiger partial charge is 0.146 e. The van der Waals surface area contributed by atoms with Crippen molar-refractivity contribution in [2.75, 3.05) is 20.8 Å². The number of methoxy groups -OCH3 is 2. The SMILES string of the molecule is CCCCCCCCCCCCCCCCCC(OC)(OC)[Si]CCC1CO1. The lowest BCUT2D eigenvalue weighted by molar-refractivity contribution is -0.149. The molecule has 0 saturated carbocycles. The zero-order valence-electron chi connectivity index (χ0n) is 19.2. The van der Waals surface area contributed by atoms with E-state index in [1.54, 1.807) is 14.2 Å². The van der Waals surface area contributed by atoms with Crippen LogP contribution in [0.25, 0.3) is 0 Å². The summed E-state index contributed by atoms with van der Waals surface area (Å²) in [7, 11) is 4.31. The number of unbranched alkanes of at least 4 members (excludes halogenated alkanes) is 14. The fourth-order valence-electron chi connectivity index (χ4n) is 3.91. The molecule has 1 fully saturated rings. The van der Waals surface area contributed by atoms with Crippen molar-refractivity contribution in [2.24, 2.45) is 0 Å². The van der Waals surface area contributed by atoms with Crippen molar-refractivity contribution in [2.45, 2.75) is 134 Å². The van der Waals surface area contributed by atoms with Gasteiger partial charge in [-0.3, -0.25) is 0 Å². The molecular weight excluding hydrogens is 364 g/mol. The Morgan fingerprint density at radius 2 is 1.18 bits per heavy atom. The van der Waals surface area contributed by atoms with E-state index in [1.807, 2.05) is 0 Å². The van der Waals surface area contributed by atoms with Crippen LogP contribution in [0.5, 0.6) is 0 Å². The topological polar surface area (TPSA) is 31.0 Å². The van der Waals surface area contributed by atoms with Crippen molar-refractivity contribution >= 4 is 9.52 Å². The van der Waals surface area contributed by atoms with Crippen molar-refractivity contribution in [3.8, 4) is 0 Å². The molecule has 0 N–H and O–H groups in total. The van der Waals surface area contributed by atoms with Crippen LogP contribution in [0, 0.1) is 0 Å². The van der Waals surface area contributed by atoms with Gasteiger partial charge in [0, 0.05) is 14.2 Å². The molecule has 0 aromatic carbocycles. The van der Waals surface area contributed by atoms with E-state index >= 15 is 0 Å². The minimum Gasteiger partial charge on any atom is -0.373 e. The number of hydrogen-bond donors (Lipinski definition) is 0. The van der Waals surface area contributed by atoms with Crippen LogP contribution in [-0.4, -0.2) is 41.9 Å². The highest BCUT2D eigenvalue weighted by atomic mass is 28.2. The van der Waals surface area contributed by atoms with E-state index < -0.39 is 0 Å². The van der Waals surface area contributed by atoms with Crippen molar-refractivity contribution < 1.29 is 14.2 Å². The fraction of sp³-hybridized carbons (Fsp3) is 1.00. The molecule has 1 aliphatic heterocycles. The van der Waals surface area contributed by atoms with Gasteiger partial charge in [0.15, 0.2) is 0 Å². The van der Waals surface area contributed by atoms with E-state index in [1.165, 1.54) is 96.3 Å². The Labute approximate surface area is 178 Å². The van der Waals surface area contributed by atoms with Crippen LogP contribution < -0.4 is 0 Å². The van der Waals surface area contributed by atoms with Crippen molar-refractivity contribution in [1.29, 1.82) is 0 Å². The highest BCUT2D eigenvalue weighted by Crippen LogP contribution is 2.24. The Hall–Kier alpha value is 0.0969. The van der Waals surface area contributed by atoms with Crippen molar-refractivity contribution in [3.05, 3.63) is 0 Å². The van der Waals surface area contributed by atoms with E-state index in [9.17, 15) is 0 Å². The summed E-state index contributed by atoms with van der Waals surface area (Å²) >= 11 is 0. The van der Waals surface area contributed by atoms with Crippen LogP contribution in [-0.2, 0) is 14.2 Å². The van der Waals surface area contributed by atoms with E-state index in [-0.39, 0.29) is 5.41 Å². The molecule has 0 aromatic rings. The monoisotopic (exact) mass is 412 g/mol. The van der Waals surface area contributed by atoms with Gasteiger partial charge in [0.25, 0.3) is 0 Å². The Morgan fingerprint density at radius 1 is 0.750 bits per heavy atom. The molecule has 0 aromatic heterocycles. The molecule has 0 spiro atoms. The average molecular weight is 413 g/mol. The lowest BCUT2D eigenvalue weighted by Crippen LogP contribution is -2.40. The zero-order valence-corrected chi connectivity index (χ0v) is 20.2. The van der Waals surface area contributed by atoms with Crippen LogP contribution >= 0.6 is 0 Å². The molecule has 1 atom stereocenters. The first-order valence-corrected chi connectivity index (χ1v) is 13.4. The summed E-state index contributed by atoms with van der Waals surface area (Å²) in [5, 5.41) is 0. The van der Waals surface area contributed by atoms with E-state index in [4.69, 9.17) is 14.2 Å². The van der Waals surface area contributed by atoms with Crippen LogP contribution in [0.1, 0.15) is 116 Å². The Kier molecular flexibility index (Phi) is 16.7. The third-order valence-electron chi connectivity index (χ3n) is 6.03. The van der Waals surface area contributed by atoms with Gasteiger partial charge in [0.05, 0.1) is 12.7 Å². The van der Waals surface area contributed by atoms with Crippen LogP contribution in [0.15, 0.2) is 0 Å². The molecule has 1 rings (SSSR count). The first kappa shape index (κ1) is 26.1. The van der Waals surface area contributed by atoms with Gasteiger partial charge in [0.2, 0.25) is 0 Å². The summed E-state index contributed by atoms with van der Waals surface area (Å²) in [5.74, 6) is 0. The molecule has 166 valence electrons. The fourth-order valence-corrected chi connectivity index (χ4v) is 5.40. The predicted molar refractivity (Wildman–Crippen MR) is 121 cm³/mol. The molecule has 28 heavy (non-hydrogen) atoms. The summed E-state index contributed by atoms with van der Waals surface area (Å²) in [4.78, 5) is 0. The third-order valence-corrected chi connectivity index (χ3v) is 7.77. The second kappa shape index (κ2) is 17.9. The highest BCUT2D eigenvalue weighted by Gasteiger charge is 2.31. The van der Waals surface area contributed by atoms with Gasteiger partial charge in [-0.15, -0.1) is 0 Å². The number of ether oxygens (including phenoxy) is 3. The van der Waals surface area contributed by atoms with Gasteiger partial charge >= 0.3 is 0 Å². The van der Waals surface area contributed by atoms with Gasteiger partial charge < -0.3 is 14.2 Å². The summed E-state index contributed by atoms with van der Waals surface area (Å²) in [6.45, 7) is 3.25. The normalized spacial score (nSPS) is 16.6. The van der Waals surface area contributed by atoms with Gasteiger partial charge in [-0.1, -0.05) is 103 Å².